The molecule has 0 heterocycles. The SMILES string of the molecule is COc1ccc(COC(CBr)c2cccc(Br)c2)cc1. The quantitative estimate of drug-likeness (QED) is 0.628. The van der Waals surface area contributed by atoms with Crippen molar-refractivity contribution in [3.05, 3.63) is 64.1 Å². The second kappa shape index (κ2) is 7.81. The molecule has 0 saturated heterocycles. The molecule has 0 aliphatic rings. The third kappa shape index (κ3) is 4.33. The van der Waals surface area contributed by atoms with Crippen molar-refractivity contribution in [1.29, 1.82) is 0 Å². The van der Waals surface area contributed by atoms with Gasteiger partial charge in [-0.15, -0.1) is 0 Å². The average molecular weight is 400 g/mol. The fourth-order valence-electron chi connectivity index (χ4n) is 1.86. The monoisotopic (exact) mass is 398 g/mol. The summed E-state index contributed by atoms with van der Waals surface area (Å²) in [5, 5.41) is 0.764. The third-order valence-electron chi connectivity index (χ3n) is 2.97. The van der Waals surface area contributed by atoms with Crippen molar-refractivity contribution in [1.82, 2.24) is 0 Å². The highest BCUT2D eigenvalue weighted by molar-refractivity contribution is 9.10. The summed E-state index contributed by atoms with van der Waals surface area (Å²) >= 11 is 7.00. The second-order valence-corrected chi connectivity index (χ2v) is 5.92. The van der Waals surface area contributed by atoms with E-state index in [1.807, 2.05) is 36.4 Å². The Morgan fingerprint density at radius 1 is 1.10 bits per heavy atom. The van der Waals surface area contributed by atoms with Gasteiger partial charge in [0.2, 0.25) is 0 Å². The van der Waals surface area contributed by atoms with E-state index in [1.165, 1.54) is 0 Å². The number of alkyl halides is 1. The molecule has 0 fully saturated rings. The molecular weight excluding hydrogens is 384 g/mol. The van der Waals surface area contributed by atoms with Crippen LogP contribution in [0, 0.1) is 0 Å². The maximum atomic E-state index is 5.98. The predicted octanol–water partition coefficient (Wildman–Crippen LogP) is 5.11. The molecular formula is C16H16Br2O2. The van der Waals surface area contributed by atoms with E-state index in [0.717, 1.165) is 26.7 Å². The van der Waals surface area contributed by atoms with Gasteiger partial charge >= 0.3 is 0 Å². The molecule has 0 saturated carbocycles. The zero-order chi connectivity index (χ0) is 14.4. The maximum absolute atomic E-state index is 5.98. The van der Waals surface area contributed by atoms with Crippen molar-refractivity contribution in [2.75, 3.05) is 12.4 Å². The van der Waals surface area contributed by atoms with Crippen LogP contribution in [0.5, 0.6) is 5.75 Å². The number of halogens is 2. The summed E-state index contributed by atoms with van der Waals surface area (Å²) in [7, 11) is 1.67. The Morgan fingerprint density at radius 3 is 2.45 bits per heavy atom. The lowest BCUT2D eigenvalue weighted by Gasteiger charge is -2.16. The van der Waals surface area contributed by atoms with Crippen LogP contribution in [0.2, 0.25) is 0 Å². The van der Waals surface area contributed by atoms with Gasteiger partial charge < -0.3 is 9.47 Å². The number of ether oxygens (including phenoxy) is 2. The van der Waals surface area contributed by atoms with Gasteiger partial charge in [-0.05, 0) is 35.4 Å². The van der Waals surface area contributed by atoms with Crippen molar-refractivity contribution in [3.63, 3.8) is 0 Å². The molecule has 2 aromatic rings. The topological polar surface area (TPSA) is 18.5 Å². The number of benzene rings is 2. The van der Waals surface area contributed by atoms with Gasteiger partial charge in [0.1, 0.15) is 5.75 Å². The van der Waals surface area contributed by atoms with Crippen molar-refractivity contribution in [2.24, 2.45) is 0 Å². The van der Waals surface area contributed by atoms with Crippen LogP contribution in [0.15, 0.2) is 53.0 Å². The highest BCUT2D eigenvalue weighted by atomic mass is 79.9. The van der Waals surface area contributed by atoms with Crippen molar-refractivity contribution >= 4 is 31.9 Å². The van der Waals surface area contributed by atoms with E-state index in [2.05, 4.69) is 44.0 Å². The molecule has 1 atom stereocenters. The smallest absolute Gasteiger partial charge is 0.118 e. The summed E-state index contributed by atoms with van der Waals surface area (Å²) in [6.45, 7) is 0.576. The van der Waals surface area contributed by atoms with E-state index < -0.39 is 0 Å². The van der Waals surface area contributed by atoms with Crippen LogP contribution in [-0.4, -0.2) is 12.4 Å². The Balaban J connectivity index is 1.99. The van der Waals surface area contributed by atoms with Crippen LogP contribution >= 0.6 is 31.9 Å². The number of methoxy groups -OCH3 is 1. The highest BCUT2D eigenvalue weighted by Crippen LogP contribution is 2.24. The lowest BCUT2D eigenvalue weighted by atomic mass is 10.1. The number of hydrogen-bond acceptors (Lipinski definition) is 2. The first kappa shape index (κ1) is 15.5. The van der Waals surface area contributed by atoms with E-state index in [4.69, 9.17) is 9.47 Å². The zero-order valence-electron chi connectivity index (χ0n) is 11.2. The Labute approximate surface area is 136 Å². The van der Waals surface area contributed by atoms with Crippen LogP contribution < -0.4 is 4.74 Å². The fraction of sp³-hybridized carbons (Fsp3) is 0.250. The molecule has 20 heavy (non-hydrogen) atoms. The normalized spacial score (nSPS) is 12.2. The first-order valence-corrected chi connectivity index (χ1v) is 8.20. The Hall–Kier alpha value is -0.840. The van der Waals surface area contributed by atoms with Gasteiger partial charge in [-0.25, -0.2) is 0 Å². The van der Waals surface area contributed by atoms with Crippen LogP contribution in [0.1, 0.15) is 17.2 Å². The lowest BCUT2D eigenvalue weighted by Crippen LogP contribution is -2.06. The zero-order valence-corrected chi connectivity index (χ0v) is 14.4. The molecule has 0 spiro atoms. The maximum Gasteiger partial charge on any atom is 0.118 e. The Kier molecular flexibility index (Phi) is 6.07. The van der Waals surface area contributed by atoms with Crippen molar-refractivity contribution in [2.45, 2.75) is 12.7 Å². The first-order valence-electron chi connectivity index (χ1n) is 6.29. The second-order valence-electron chi connectivity index (χ2n) is 4.36. The molecule has 0 amide bonds. The molecule has 1 unspecified atom stereocenters. The van der Waals surface area contributed by atoms with Crippen LogP contribution in [0.4, 0.5) is 0 Å². The first-order chi connectivity index (χ1) is 9.72. The molecule has 0 aliphatic carbocycles. The van der Waals surface area contributed by atoms with Gasteiger partial charge in [-0.3, -0.25) is 0 Å². The van der Waals surface area contributed by atoms with Gasteiger partial charge in [0.15, 0.2) is 0 Å². The van der Waals surface area contributed by atoms with E-state index in [0.29, 0.717) is 6.61 Å². The minimum absolute atomic E-state index is 0.0367. The minimum atomic E-state index is 0.0367. The summed E-state index contributed by atoms with van der Waals surface area (Å²) in [6, 6.07) is 16.1. The van der Waals surface area contributed by atoms with Crippen LogP contribution in [0.3, 0.4) is 0 Å². The lowest BCUT2D eigenvalue weighted by molar-refractivity contribution is 0.0565. The molecule has 4 heteroatoms. The summed E-state index contributed by atoms with van der Waals surface area (Å²) in [6.07, 6.45) is 0.0367. The molecule has 2 aromatic carbocycles. The van der Waals surface area contributed by atoms with E-state index >= 15 is 0 Å². The van der Waals surface area contributed by atoms with E-state index in [1.54, 1.807) is 7.11 Å². The standard InChI is InChI=1S/C16H16Br2O2/c1-19-15-7-5-12(6-8-15)11-20-16(10-17)13-3-2-4-14(18)9-13/h2-9,16H,10-11H2,1H3. The van der Waals surface area contributed by atoms with E-state index in [9.17, 15) is 0 Å². The fourth-order valence-corrected chi connectivity index (χ4v) is 2.83. The van der Waals surface area contributed by atoms with Gasteiger partial charge in [-0.1, -0.05) is 56.1 Å². The van der Waals surface area contributed by atoms with Gasteiger partial charge in [-0.2, -0.15) is 0 Å². The molecule has 2 rings (SSSR count). The number of hydrogen-bond donors (Lipinski definition) is 0. The summed E-state index contributed by atoms with van der Waals surface area (Å²) in [5.41, 5.74) is 2.29. The molecule has 0 aromatic heterocycles. The third-order valence-corrected chi connectivity index (χ3v) is 4.05. The van der Waals surface area contributed by atoms with Crippen LogP contribution in [-0.2, 0) is 11.3 Å². The summed E-state index contributed by atoms with van der Waals surface area (Å²) < 4.78 is 12.2. The largest absolute Gasteiger partial charge is 0.497 e. The molecule has 0 aliphatic heterocycles. The highest BCUT2D eigenvalue weighted by Gasteiger charge is 2.11. The van der Waals surface area contributed by atoms with Crippen LogP contribution in [0.25, 0.3) is 0 Å². The Morgan fingerprint density at radius 2 is 1.85 bits per heavy atom. The summed E-state index contributed by atoms with van der Waals surface area (Å²) in [4.78, 5) is 0. The minimum Gasteiger partial charge on any atom is -0.497 e. The molecule has 0 bridgehead atoms. The Bertz CT molecular complexity index is 540. The molecule has 0 N–H and O–H groups in total. The van der Waals surface area contributed by atoms with Gasteiger partial charge in [0, 0.05) is 9.80 Å². The number of rotatable bonds is 6. The molecule has 106 valence electrons. The van der Waals surface area contributed by atoms with Gasteiger partial charge in [0.25, 0.3) is 0 Å². The molecule has 2 nitrogen and oxygen atoms in total. The van der Waals surface area contributed by atoms with Crippen molar-refractivity contribution < 1.29 is 9.47 Å². The van der Waals surface area contributed by atoms with E-state index in [-0.39, 0.29) is 6.10 Å². The predicted molar refractivity (Wildman–Crippen MR) is 88.5 cm³/mol. The van der Waals surface area contributed by atoms with Crippen molar-refractivity contribution in [3.8, 4) is 5.75 Å². The summed E-state index contributed by atoms with van der Waals surface area (Å²) in [5.74, 6) is 0.859. The average Bonchev–Trinajstić information content (AvgIpc) is 2.48. The van der Waals surface area contributed by atoms with Gasteiger partial charge in [0.05, 0.1) is 19.8 Å². The molecule has 0 radical (unpaired) electrons.